The van der Waals surface area contributed by atoms with Crippen LogP contribution in [0.5, 0.6) is 0 Å². The van der Waals surface area contributed by atoms with Gasteiger partial charge < -0.3 is 15.1 Å². The molecule has 2 aliphatic carbocycles. The number of rotatable bonds is 3. The van der Waals surface area contributed by atoms with E-state index < -0.39 is 17.4 Å². The minimum Gasteiger partial charge on any atom is -0.481 e. The molecule has 1 saturated carbocycles. The molecule has 5 unspecified atom stereocenters. The van der Waals surface area contributed by atoms with E-state index in [-0.39, 0.29) is 23.7 Å². The molecule has 132 valence electrons. The van der Waals surface area contributed by atoms with E-state index in [1.807, 2.05) is 12.2 Å². The quantitative estimate of drug-likeness (QED) is 0.776. The van der Waals surface area contributed by atoms with Crippen molar-refractivity contribution in [1.82, 2.24) is 4.90 Å². The molecule has 2 N–H and O–H groups in total. The van der Waals surface area contributed by atoms with Crippen LogP contribution >= 0.6 is 0 Å². The normalized spacial score (nSPS) is 47.2. The lowest BCUT2D eigenvalue weighted by Gasteiger charge is -2.41. The Bertz CT molecular complexity index is 552. The van der Waals surface area contributed by atoms with Crippen LogP contribution in [0.1, 0.15) is 38.5 Å². The highest BCUT2D eigenvalue weighted by Crippen LogP contribution is 2.53. The highest BCUT2D eigenvalue weighted by molar-refractivity contribution is 5.78. The van der Waals surface area contributed by atoms with E-state index in [9.17, 15) is 19.8 Å². The van der Waals surface area contributed by atoms with Gasteiger partial charge in [-0.3, -0.25) is 9.59 Å². The molecule has 5 nitrogen and oxygen atoms in total. The van der Waals surface area contributed by atoms with Gasteiger partial charge in [-0.2, -0.15) is 0 Å². The van der Waals surface area contributed by atoms with Gasteiger partial charge in [0.15, 0.2) is 0 Å². The van der Waals surface area contributed by atoms with Crippen LogP contribution in [0.2, 0.25) is 0 Å². The summed E-state index contributed by atoms with van der Waals surface area (Å²) in [6.45, 7) is 3.09. The van der Waals surface area contributed by atoms with Gasteiger partial charge in [0, 0.05) is 6.54 Å². The van der Waals surface area contributed by atoms with Crippen molar-refractivity contribution < 1.29 is 19.8 Å². The van der Waals surface area contributed by atoms with Crippen LogP contribution < -0.4 is 0 Å². The van der Waals surface area contributed by atoms with Crippen LogP contribution in [0.15, 0.2) is 12.2 Å². The van der Waals surface area contributed by atoms with Crippen LogP contribution in [0.25, 0.3) is 0 Å². The highest BCUT2D eigenvalue weighted by Gasteiger charge is 2.52. The summed E-state index contributed by atoms with van der Waals surface area (Å²) in [5, 5.41) is 19.5. The van der Waals surface area contributed by atoms with Crippen LogP contribution in [0.3, 0.4) is 0 Å². The van der Waals surface area contributed by atoms with Gasteiger partial charge in [0.1, 0.15) is 0 Å². The summed E-state index contributed by atoms with van der Waals surface area (Å²) >= 11 is 0. The Morgan fingerprint density at radius 3 is 2.50 bits per heavy atom. The van der Waals surface area contributed by atoms with Crippen LogP contribution in [-0.2, 0) is 9.59 Å². The SMILES string of the molecule is O=C(O)C1CC2C=CC(C(=O)O)(C3CC4CCN(CC4)C3)CC2C1. The maximum Gasteiger partial charge on any atom is 0.313 e. The van der Waals surface area contributed by atoms with Crippen molar-refractivity contribution in [2.75, 3.05) is 19.6 Å². The maximum atomic E-state index is 12.3. The number of carboxylic acids is 2. The van der Waals surface area contributed by atoms with Gasteiger partial charge in [0.2, 0.25) is 0 Å². The van der Waals surface area contributed by atoms with Crippen molar-refractivity contribution in [3.05, 3.63) is 12.2 Å². The average molecular weight is 333 g/mol. The van der Waals surface area contributed by atoms with Gasteiger partial charge in [-0.1, -0.05) is 12.2 Å². The molecule has 0 aromatic rings. The van der Waals surface area contributed by atoms with Crippen molar-refractivity contribution in [2.45, 2.75) is 38.5 Å². The lowest BCUT2D eigenvalue weighted by Crippen LogP contribution is -2.45. The fraction of sp³-hybridized carbons (Fsp3) is 0.789. The predicted molar refractivity (Wildman–Crippen MR) is 88.4 cm³/mol. The summed E-state index contributed by atoms with van der Waals surface area (Å²) < 4.78 is 0. The molecule has 3 aliphatic heterocycles. The van der Waals surface area contributed by atoms with Crippen molar-refractivity contribution in [2.24, 2.45) is 35.0 Å². The van der Waals surface area contributed by atoms with E-state index in [1.165, 1.54) is 12.8 Å². The van der Waals surface area contributed by atoms with Gasteiger partial charge in [-0.05, 0) is 75.3 Å². The number of hydrogen-bond donors (Lipinski definition) is 2. The summed E-state index contributed by atoms with van der Waals surface area (Å²) in [5.41, 5.74) is -0.792. The molecule has 0 spiro atoms. The van der Waals surface area contributed by atoms with Gasteiger partial charge in [-0.15, -0.1) is 0 Å². The van der Waals surface area contributed by atoms with E-state index in [1.54, 1.807) is 0 Å². The second-order valence-corrected chi connectivity index (χ2v) is 8.52. The summed E-state index contributed by atoms with van der Waals surface area (Å²) in [6.07, 6.45) is 9.34. The standard InChI is InChI=1S/C19H27NO4/c21-17(22)14-8-13-1-4-19(18(23)24,10-15(13)9-14)16-7-12-2-5-20(11-16)6-3-12/h1,4,12-16H,2-3,5-11H2,(H,21,22)(H,23,24). The third-order valence-corrected chi connectivity index (χ3v) is 7.27. The number of nitrogens with zero attached hydrogens (tertiary/aromatic N) is 1. The lowest BCUT2D eigenvalue weighted by atomic mass is 9.62. The molecule has 0 aromatic carbocycles. The van der Waals surface area contributed by atoms with Crippen molar-refractivity contribution in [3.63, 3.8) is 0 Å². The molecule has 2 bridgehead atoms. The summed E-state index contributed by atoms with van der Waals surface area (Å²) in [5.74, 6) is -0.453. The number of allylic oxidation sites excluding steroid dienone is 1. The van der Waals surface area contributed by atoms with Gasteiger partial charge >= 0.3 is 11.9 Å². The Labute approximate surface area is 142 Å². The van der Waals surface area contributed by atoms with Gasteiger partial charge in [0.25, 0.3) is 0 Å². The minimum atomic E-state index is -0.792. The lowest BCUT2D eigenvalue weighted by molar-refractivity contribution is -0.151. The Hall–Kier alpha value is -1.36. The van der Waals surface area contributed by atoms with E-state index in [2.05, 4.69) is 4.90 Å². The Balaban J connectivity index is 1.60. The third kappa shape index (κ3) is 2.57. The third-order valence-electron chi connectivity index (χ3n) is 7.27. The largest absolute Gasteiger partial charge is 0.481 e. The average Bonchev–Trinajstić information content (AvgIpc) is 2.74. The first-order valence-electron chi connectivity index (χ1n) is 9.36. The fourth-order valence-corrected chi connectivity index (χ4v) is 5.83. The molecule has 0 radical (unpaired) electrons. The molecule has 5 aliphatic rings. The second-order valence-electron chi connectivity index (χ2n) is 8.52. The Morgan fingerprint density at radius 1 is 1.08 bits per heavy atom. The van der Waals surface area contributed by atoms with E-state index in [4.69, 9.17) is 0 Å². The molecule has 4 fully saturated rings. The number of hydrogen-bond acceptors (Lipinski definition) is 3. The number of piperidine rings is 1. The van der Waals surface area contributed by atoms with Crippen LogP contribution in [0, 0.1) is 35.0 Å². The van der Waals surface area contributed by atoms with E-state index >= 15 is 0 Å². The summed E-state index contributed by atoms with van der Waals surface area (Å²) in [7, 11) is 0. The second kappa shape index (κ2) is 5.87. The zero-order valence-corrected chi connectivity index (χ0v) is 14.1. The summed E-state index contributed by atoms with van der Waals surface area (Å²) in [4.78, 5) is 26.1. The first kappa shape index (κ1) is 16.1. The van der Waals surface area contributed by atoms with E-state index in [0.717, 1.165) is 26.1 Å². The number of carboxylic acid groups (broad SMARTS) is 2. The molecule has 24 heavy (non-hydrogen) atoms. The number of aliphatic carboxylic acids is 2. The molecule has 5 atom stereocenters. The number of carbonyl (C=O) groups is 2. The van der Waals surface area contributed by atoms with E-state index in [0.29, 0.717) is 25.2 Å². The van der Waals surface area contributed by atoms with Crippen LogP contribution in [-0.4, -0.2) is 46.7 Å². The highest BCUT2D eigenvalue weighted by atomic mass is 16.4. The first-order chi connectivity index (χ1) is 11.5. The molecule has 5 heteroatoms. The molecule has 0 aromatic heterocycles. The molecule has 5 rings (SSSR count). The van der Waals surface area contributed by atoms with Gasteiger partial charge in [-0.25, -0.2) is 0 Å². The van der Waals surface area contributed by atoms with Crippen LogP contribution in [0.4, 0.5) is 0 Å². The molecular weight excluding hydrogens is 306 g/mol. The summed E-state index contributed by atoms with van der Waals surface area (Å²) in [6, 6.07) is 0. The smallest absolute Gasteiger partial charge is 0.313 e. The number of fused-ring (bicyclic) bond motifs is 5. The zero-order chi connectivity index (χ0) is 16.9. The monoisotopic (exact) mass is 333 g/mol. The predicted octanol–water partition coefficient (Wildman–Crippen LogP) is 2.48. The van der Waals surface area contributed by atoms with Crippen molar-refractivity contribution in [1.29, 1.82) is 0 Å². The molecule has 0 amide bonds. The first-order valence-corrected chi connectivity index (χ1v) is 9.36. The maximum absolute atomic E-state index is 12.3. The van der Waals surface area contributed by atoms with Crippen molar-refractivity contribution in [3.8, 4) is 0 Å². The molecular formula is C19H27NO4. The topological polar surface area (TPSA) is 77.8 Å². The molecule has 3 saturated heterocycles. The Morgan fingerprint density at radius 2 is 1.83 bits per heavy atom. The van der Waals surface area contributed by atoms with Gasteiger partial charge in [0.05, 0.1) is 11.3 Å². The molecule has 3 heterocycles. The Kier molecular flexibility index (Phi) is 3.94. The fourth-order valence-electron chi connectivity index (χ4n) is 5.83. The minimum absolute atomic E-state index is 0.158. The zero-order valence-electron chi connectivity index (χ0n) is 14.1. The van der Waals surface area contributed by atoms with Crippen molar-refractivity contribution >= 4 is 11.9 Å².